The molecular weight excluding hydrogens is 370 g/mol. The topological polar surface area (TPSA) is 66.4 Å². The Morgan fingerprint density at radius 1 is 0.857 bits per heavy atom. The smallest absolute Gasteiger partial charge is 0.251 e. The molecule has 3 rings (SSSR count). The summed E-state index contributed by atoms with van der Waals surface area (Å²) < 4.78 is 0. The second kappa shape index (κ2) is 9.76. The zero-order valence-corrected chi connectivity index (χ0v) is 16.1. The van der Waals surface area contributed by atoms with Crippen molar-refractivity contribution >= 4 is 23.5 Å². The molecule has 28 heavy (non-hydrogen) atoms. The number of phenols is 1. The Kier molecular flexibility index (Phi) is 6.87. The van der Waals surface area contributed by atoms with E-state index in [1.807, 2.05) is 42.5 Å². The first kappa shape index (κ1) is 19.7. The summed E-state index contributed by atoms with van der Waals surface area (Å²) in [6.07, 6.45) is 0.687. The van der Waals surface area contributed by atoms with Crippen molar-refractivity contribution < 1.29 is 14.7 Å². The Labute approximate surface area is 168 Å². The number of Topliss-reactive ketones (excluding diaryl/α,β-unsaturated/α-hetero) is 1. The first-order valence-corrected chi connectivity index (χ1v) is 9.97. The maximum atomic E-state index is 12.4. The molecule has 0 saturated carbocycles. The van der Waals surface area contributed by atoms with Crippen LogP contribution >= 0.6 is 11.8 Å². The van der Waals surface area contributed by atoms with Gasteiger partial charge in [0, 0.05) is 22.6 Å². The lowest BCUT2D eigenvalue weighted by Gasteiger charge is -2.07. The molecule has 0 aromatic heterocycles. The molecule has 0 aliphatic rings. The molecule has 0 unspecified atom stereocenters. The fourth-order valence-electron chi connectivity index (χ4n) is 2.67. The van der Waals surface area contributed by atoms with Crippen LogP contribution in [0, 0.1) is 0 Å². The molecule has 0 radical (unpaired) electrons. The maximum Gasteiger partial charge on any atom is 0.251 e. The summed E-state index contributed by atoms with van der Waals surface area (Å²) in [5.74, 6) is 0.480. The molecule has 5 heteroatoms. The first-order valence-electron chi connectivity index (χ1n) is 8.99. The minimum absolute atomic E-state index is 0.0642. The molecule has 0 atom stereocenters. The number of hydrogen-bond acceptors (Lipinski definition) is 4. The molecule has 0 aliphatic carbocycles. The van der Waals surface area contributed by atoms with E-state index in [1.165, 1.54) is 11.8 Å². The van der Waals surface area contributed by atoms with Gasteiger partial charge in [-0.3, -0.25) is 9.59 Å². The summed E-state index contributed by atoms with van der Waals surface area (Å²) in [4.78, 5) is 25.5. The SMILES string of the molecule is O=C(CSc1cccc(C(=O)NCCc2ccc(O)cc2)c1)c1ccccc1. The lowest BCUT2D eigenvalue weighted by molar-refractivity contribution is 0.0953. The van der Waals surface area contributed by atoms with Crippen LogP contribution in [-0.4, -0.2) is 29.1 Å². The first-order chi connectivity index (χ1) is 13.6. The van der Waals surface area contributed by atoms with Crippen LogP contribution in [-0.2, 0) is 6.42 Å². The number of carbonyl (C=O) groups is 2. The highest BCUT2D eigenvalue weighted by atomic mass is 32.2. The predicted octanol–water partition coefficient (Wildman–Crippen LogP) is 4.34. The minimum Gasteiger partial charge on any atom is -0.508 e. The number of thioether (sulfide) groups is 1. The molecular formula is C23H21NO3S. The van der Waals surface area contributed by atoms with Crippen LogP contribution in [0.15, 0.2) is 83.8 Å². The second-order valence-electron chi connectivity index (χ2n) is 6.28. The summed E-state index contributed by atoms with van der Waals surface area (Å²) in [5, 5.41) is 12.2. The quantitative estimate of drug-likeness (QED) is 0.443. The summed E-state index contributed by atoms with van der Waals surface area (Å²) in [5.41, 5.74) is 2.31. The van der Waals surface area contributed by atoms with Gasteiger partial charge >= 0.3 is 0 Å². The van der Waals surface area contributed by atoms with Crippen molar-refractivity contribution in [3.8, 4) is 5.75 Å². The number of amides is 1. The van der Waals surface area contributed by atoms with Crippen molar-refractivity contribution in [1.82, 2.24) is 5.32 Å². The third-order valence-corrected chi connectivity index (χ3v) is 5.19. The second-order valence-corrected chi connectivity index (χ2v) is 7.33. The van der Waals surface area contributed by atoms with Crippen LogP contribution in [0.3, 0.4) is 0 Å². The maximum absolute atomic E-state index is 12.4. The molecule has 0 aliphatic heterocycles. The van der Waals surface area contributed by atoms with Gasteiger partial charge in [0.25, 0.3) is 5.91 Å². The van der Waals surface area contributed by atoms with Crippen molar-refractivity contribution in [2.45, 2.75) is 11.3 Å². The fraction of sp³-hybridized carbons (Fsp3) is 0.130. The highest BCUT2D eigenvalue weighted by Crippen LogP contribution is 2.20. The molecule has 3 aromatic rings. The number of ketones is 1. The van der Waals surface area contributed by atoms with Gasteiger partial charge in [-0.1, -0.05) is 48.5 Å². The van der Waals surface area contributed by atoms with Gasteiger partial charge in [-0.2, -0.15) is 0 Å². The van der Waals surface area contributed by atoms with E-state index < -0.39 is 0 Å². The van der Waals surface area contributed by atoms with E-state index >= 15 is 0 Å². The van der Waals surface area contributed by atoms with E-state index in [2.05, 4.69) is 5.32 Å². The average Bonchev–Trinajstić information content (AvgIpc) is 2.74. The van der Waals surface area contributed by atoms with Gasteiger partial charge in [-0.25, -0.2) is 0 Å². The van der Waals surface area contributed by atoms with Gasteiger partial charge in [0.15, 0.2) is 5.78 Å². The summed E-state index contributed by atoms with van der Waals surface area (Å²) in [7, 11) is 0. The number of benzene rings is 3. The van der Waals surface area contributed by atoms with Gasteiger partial charge in [0.2, 0.25) is 0 Å². The Morgan fingerprint density at radius 2 is 1.57 bits per heavy atom. The molecule has 3 aromatic carbocycles. The molecule has 0 spiro atoms. The molecule has 0 saturated heterocycles. The van der Waals surface area contributed by atoms with Crippen molar-refractivity contribution in [3.63, 3.8) is 0 Å². The zero-order valence-electron chi connectivity index (χ0n) is 15.3. The van der Waals surface area contributed by atoms with Crippen molar-refractivity contribution in [2.24, 2.45) is 0 Å². The van der Waals surface area contributed by atoms with E-state index in [4.69, 9.17) is 0 Å². The van der Waals surface area contributed by atoms with Crippen LogP contribution in [0.2, 0.25) is 0 Å². The van der Waals surface area contributed by atoms with Crippen LogP contribution in [0.4, 0.5) is 0 Å². The van der Waals surface area contributed by atoms with Crippen molar-refractivity contribution in [1.29, 1.82) is 0 Å². The zero-order chi connectivity index (χ0) is 19.8. The van der Waals surface area contributed by atoms with E-state index in [1.54, 1.807) is 36.4 Å². The minimum atomic E-state index is -0.143. The molecule has 2 N–H and O–H groups in total. The van der Waals surface area contributed by atoms with Crippen LogP contribution in [0.1, 0.15) is 26.3 Å². The summed E-state index contributed by atoms with van der Waals surface area (Å²) in [6.45, 7) is 0.507. The number of phenolic OH excluding ortho intramolecular Hbond substituents is 1. The van der Waals surface area contributed by atoms with Crippen LogP contribution < -0.4 is 5.32 Å². The van der Waals surface area contributed by atoms with Gasteiger partial charge < -0.3 is 10.4 Å². The fourth-order valence-corrected chi connectivity index (χ4v) is 3.52. The van der Waals surface area contributed by atoms with Crippen molar-refractivity contribution in [2.75, 3.05) is 12.3 Å². The molecule has 4 nitrogen and oxygen atoms in total. The highest BCUT2D eigenvalue weighted by Gasteiger charge is 2.09. The largest absolute Gasteiger partial charge is 0.508 e. The van der Waals surface area contributed by atoms with Crippen LogP contribution in [0.25, 0.3) is 0 Å². The van der Waals surface area contributed by atoms with Gasteiger partial charge in [-0.05, 0) is 42.3 Å². The third-order valence-electron chi connectivity index (χ3n) is 4.20. The lowest BCUT2D eigenvalue weighted by atomic mass is 10.1. The number of hydrogen-bond donors (Lipinski definition) is 2. The number of rotatable bonds is 8. The van der Waals surface area contributed by atoms with Crippen molar-refractivity contribution in [3.05, 3.63) is 95.6 Å². The van der Waals surface area contributed by atoms with E-state index in [9.17, 15) is 14.7 Å². The average molecular weight is 391 g/mol. The van der Waals surface area contributed by atoms with Crippen LogP contribution in [0.5, 0.6) is 5.75 Å². The lowest BCUT2D eigenvalue weighted by Crippen LogP contribution is -2.25. The molecule has 0 heterocycles. The van der Waals surface area contributed by atoms with E-state index in [-0.39, 0.29) is 17.4 Å². The van der Waals surface area contributed by atoms with E-state index in [0.29, 0.717) is 29.8 Å². The molecule has 0 fully saturated rings. The van der Waals surface area contributed by atoms with Gasteiger partial charge in [-0.15, -0.1) is 11.8 Å². The number of carbonyl (C=O) groups excluding carboxylic acids is 2. The Morgan fingerprint density at radius 3 is 2.32 bits per heavy atom. The monoisotopic (exact) mass is 391 g/mol. The number of aromatic hydroxyl groups is 1. The van der Waals surface area contributed by atoms with Gasteiger partial charge in [0.1, 0.15) is 5.75 Å². The normalized spacial score (nSPS) is 10.4. The Hall–Kier alpha value is -3.05. The summed E-state index contributed by atoms with van der Waals surface area (Å²) in [6, 6.07) is 23.4. The molecule has 0 bridgehead atoms. The Balaban J connectivity index is 1.51. The molecule has 142 valence electrons. The highest BCUT2D eigenvalue weighted by molar-refractivity contribution is 8.00. The molecule has 1 amide bonds. The third kappa shape index (κ3) is 5.72. The summed E-state index contributed by atoms with van der Waals surface area (Å²) >= 11 is 1.42. The predicted molar refractivity (Wildman–Crippen MR) is 112 cm³/mol. The standard InChI is InChI=1S/C23H21NO3S/c25-20-11-9-17(10-12-20)13-14-24-23(27)19-7-4-8-21(15-19)28-16-22(26)18-5-2-1-3-6-18/h1-12,15,25H,13-14,16H2,(H,24,27). The van der Waals surface area contributed by atoms with Gasteiger partial charge in [0.05, 0.1) is 5.75 Å². The Bertz CT molecular complexity index is 940. The number of nitrogens with one attached hydrogen (secondary N) is 1. The van der Waals surface area contributed by atoms with E-state index in [0.717, 1.165) is 10.5 Å².